The van der Waals surface area contributed by atoms with Gasteiger partial charge in [0.2, 0.25) is 0 Å². The molecule has 2 aromatic heterocycles. The van der Waals surface area contributed by atoms with Gasteiger partial charge in [0.05, 0.1) is 29.1 Å². The summed E-state index contributed by atoms with van der Waals surface area (Å²) in [4.78, 5) is 39.6. The average Bonchev–Trinajstić information content (AvgIpc) is 4.10. The van der Waals surface area contributed by atoms with Gasteiger partial charge in [-0.25, -0.2) is 21.8 Å². The highest BCUT2D eigenvalue weighted by molar-refractivity contribution is 7.93. The van der Waals surface area contributed by atoms with E-state index in [-0.39, 0.29) is 50.0 Å². The number of carbonyl (C=O) groups excluding carboxylic acids is 2. The number of fused-ring (bicyclic) bond motifs is 2. The molecule has 2 amide bonds. The highest BCUT2D eigenvalue weighted by atomic mass is 32.2. The lowest BCUT2D eigenvalue weighted by Crippen LogP contribution is -2.49. The van der Waals surface area contributed by atoms with Crippen molar-refractivity contribution in [2.75, 3.05) is 35.6 Å². The van der Waals surface area contributed by atoms with Crippen molar-refractivity contribution in [2.24, 2.45) is 4.99 Å². The summed E-state index contributed by atoms with van der Waals surface area (Å²) in [6.07, 6.45) is 5.38. The lowest BCUT2D eigenvalue weighted by atomic mass is 9.87. The Kier molecular flexibility index (Phi) is 13.5. The smallest absolute Gasteiger partial charge is 0.268 e. The van der Waals surface area contributed by atoms with Gasteiger partial charge in [0.15, 0.2) is 6.34 Å². The number of hydrogen-bond donors (Lipinski definition) is 6. The van der Waals surface area contributed by atoms with Gasteiger partial charge >= 0.3 is 0 Å². The first-order valence-corrected chi connectivity index (χ1v) is 27.0. The molecule has 73 heavy (non-hydrogen) atoms. The van der Waals surface area contributed by atoms with Crippen LogP contribution in [-0.4, -0.2) is 75.6 Å². The normalized spacial score (nSPS) is 13.6. The van der Waals surface area contributed by atoms with Gasteiger partial charge in [0.25, 0.3) is 31.9 Å². The van der Waals surface area contributed by atoms with E-state index in [1.54, 1.807) is 73.2 Å². The number of sulfonamides is 2. The second-order valence-corrected chi connectivity index (χ2v) is 23.8. The number of nitrogens with zero attached hydrogens (tertiary/aromatic N) is 2. The number of H-pyrrole nitrogens is 2. The number of benzene rings is 6. The molecule has 0 spiro atoms. The number of anilines is 2. The fourth-order valence-corrected chi connectivity index (χ4v) is 11.1. The molecule has 14 nitrogen and oxygen atoms in total. The van der Waals surface area contributed by atoms with Crippen LogP contribution in [-0.2, 0) is 30.9 Å². The molecule has 0 saturated carbocycles. The molecule has 6 aromatic carbocycles. The number of amides is 2. The van der Waals surface area contributed by atoms with E-state index < -0.39 is 20.0 Å². The van der Waals surface area contributed by atoms with Crippen molar-refractivity contribution in [1.29, 1.82) is 0 Å². The van der Waals surface area contributed by atoms with Crippen molar-refractivity contribution in [3.8, 4) is 22.3 Å². The predicted octanol–water partition coefficient (Wildman–Crippen LogP) is 10.7. The number of aliphatic imine (C=N–C) groups is 1. The van der Waals surface area contributed by atoms with Crippen LogP contribution in [0.4, 0.5) is 11.4 Å². The maximum Gasteiger partial charge on any atom is 0.268 e. The number of quaternary nitrogens is 1. The third-order valence-corrected chi connectivity index (χ3v) is 15.9. The summed E-state index contributed by atoms with van der Waals surface area (Å²) in [7, 11) is -7.84. The van der Waals surface area contributed by atoms with Gasteiger partial charge in [-0.3, -0.25) is 23.5 Å². The Bertz CT molecular complexity index is 3400. The summed E-state index contributed by atoms with van der Waals surface area (Å²) in [6.45, 7) is 13.8. The third-order valence-electron chi connectivity index (χ3n) is 13.1. The van der Waals surface area contributed by atoms with Gasteiger partial charge in [-0.2, -0.15) is 0 Å². The zero-order chi connectivity index (χ0) is 51.8. The van der Waals surface area contributed by atoms with Gasteiger partial charge in [-0.15, -0.1) is 0 Å². The Morgan fingerprint density at radius 3 is 1.29 bits per heavy atom. The first kappa shape index (κ1) is 50.2. The average molecular weight is 1020 g/mol. The fourth-order valence-electron chi connectivity index (χ4n) is 9.05. The zero-order valence-corrected chi connectivity index (χ0v) is 43.2. The number of aromatic amines is 2. The second kappa shape index (κ2) is 19.7. The molecule has 0 bridgehead atoms. The van der Waals surface area contributed by atoms with Crippen molar-refractivity contribution in [1.82, 2.24) is 20.6 Å². The van der Waals surface area contributed by atoms with Crippen LogP contribution in [0.1, 0.15) is 73.6 Å². The molecule has 0 unspecified atom stereocenters. The summed E-state index contributed by atoms with van der Waals surface area (Å²) in [5, 5.41) is 7.50. The minimum absolute atomic E-state index is 0.130. The van der Waals surface area contributed by atoms with Gasteiger partial charge in [0, 0.05) is 44.3 Å². The molecular weight excluding hydrogens is 957 g/mol. The Hall–Kier alpha value is -7.79. The van der Waals surface area contributed by atoms with E-state index >= 15 is 0 Å². The van der Waals surface area contributed by atoms with E-state index in [4.69, 9.17) is 0 Å². The summed E-state index contributed by atoms with van der Waals surface area (Å²) in [5.41, 5.74) is 7.26. The minimum Gasteiger partial charge on any atom is -0.350 e. The molecule has 0 atom stereocenters. The number of rotatable bonds is 16. The van der Waals surface area contributed by atoms with Crippen LogP contribution >= 0.6 is 0 Å². The maximum absolute atomic E-state index is 14.2. The van der Waals surface area contributed by atoms with Gasteiger partial charge in [-0.05, 0) is 93.7 Å². The van der Waals surface area contributed by atoms with E-state index in [1.165, 1.54) is 0 Å². The highest BCUT2D eigenvalue weighted by Crippen LogP contribution is 2.37. The van der Waals surface area contributed by atoms with Crippen molar-refractivity contribution in [2.45, 2.75) is 62.2 Å². The molecule has 16 heteroatoms. The summed E-state index contributed by atoms with van der Waals surface area (Å²) >= 11 is 0. The quantitative estimate of drug-likeness (QED) is 0.0521. The molecule has 6 N–H and O–H groups in total. The Labute approximate surface area is 426 Å². The molecule has 1 aliphatic heterocycles. The number of nitrogens with one attached hydrogen (secondary N) is 6. The fraction of sp³-hybridized carbons (Fsp3) is 0.211. The molecule has 374 valence electrons. The Morgan fingerprint density at radius 1 is 0.534 bits per heavy atom. The molecule has 1 aliphatic rings. The number of carbonyl (C=O) groups is 2. The summed E-state index contributed by atoms with van der Waals surface area (Å²) in [5.74, 6) is -0.693. The number of hydrogen-bond acceptors (Lipinski definition) is 7. The van der Waals surface area contributed by atoms with Crippen LogP contribution in [0.25, 0.3) is 44.1 Å². The van der Waals surface area contributed by atoms with E-state index in [0.717, 1.165) is 22.3 Å². The van der Waals surface area contributed by atoms with Gasteiger partial charge in [-0.1, -0.05) is 126 Å². The van der Waals surface area contributed by atoms with Crippen molar-refractivity contribution >= 4 is 71.4 Å². The van der Waals surface area contributed by atoms with E-state index in [0.29, 0.717) is 68.8 Å². The van der Waals surface area contributed by atoms with E-state index in [1.807, 2.05) is 91.1 Å². The van der Waals surface area contributed by atoms with Crippen molar-refractivity contribution in [3.63, 3.8) is 0 Å². The van der Waals surface area contributed by atoms with Gasteiger partial charge in [0.1, 0.15) is 30.7 Å². The molecule has 0 fully saturated rings. The maximum atomic E-state index is 14.2. The van der Waals surface area contributed by atoms with E-state index in [9.17, 15) is 26.4 Å². The largest absolute Gasteiger partial charge is 0.350 e. The molecule has 8 aromatic rings. The van der Waals surface area contributed by atoms with Gasteiger partial charge < -0.3 is 20.6 Å². The first-order chi connectivity index (χ1) is 34.7. The second-order valence-electron chi connectivity index (χ2n) is 20.4. The molecule has 9 rings (SSSR count). The van der Waals surface area contributed by atoms with Crippen LogP contribution < -0.4 is 20.1 Å². The first-order valence-electron chi connectivity index (χ1n) is 24.0. The molecule has 0 radical (unpaired) electrons. The molecule has 3 heterocycles. The monoisotopic (exact) mass is 1020 g/mol. The molecule has 0 saturated heterocycles. The zero-order valence-electron chi connectivity index (χ0n) is 41.6. The third kappa shape index (κ3) is 10.9. The van der Waals surface area contributed by atoms with Crippen LogP contribution in [0.15, 0.2) is 173 Å². The summed E-state index contributed by atoms with van der Waals surface area (Å²) in [6, 6.07) is 43.0. The summed E-state index contributed by atoms with van der Waals surface area (Å²) < 4.78 is 59.9. The standard InChI is InChI=1S/C57H58N8O6S2/c1-56(2,3)40-17-23-44(24-18-40)72(68,69)63-42-21-27-48-46(35-42)50(38-13-9-7-10-14-38)52(61-48)54(66)59-30-33-65(32-29-58-37-65)34-31-60-55(67)53-51(39-15-11-8-12-16-39)47-36-43(22-28-49(47)62-53)64-73(70,71)45-25-19-41(20-26-45)57(4,5)6/h7-29,32,35-37,63-64H,30-31,33-34H2,1-6H3,(H3-,59,60,61,62,66,67)/p+1. The molecule has 0 aliphatic carbocycles. The van der Waals surface area contributed by atoms with Crippen LogP contribution in [0, 0.1) is 0 Å². The lowest BCUT2D eigenvalue weighted by Gasteiger charge is -2.27. The van der Waals surface area contributed by atoms with Crippen molar-refractivity contribution in [3.05, 3.63) is 181 Å². The SMILES string of the molecule is CC(C)(C)c1ccc(S(=O)(=O)Nc2ccc3[nH]c(C(=O)NCC[N+]4(CCNC(=O)c5[nH]c6ccc(NS(=O)(=O)c7ccc(C(C)(C)C)cc7)cc6c5-c5ccccc5)C=CN=C4)c(-c4ccccc4)c3c2)cc1. The van der Waals surface area contributed by atoms with E-state index in [2.05, 4.69) is 76.6 Å². The Morgan fingerprint density at radius 2 is 0.932 bits per heavy atom. The topological polar surface area (TPSA) is 194 Å². The molecular formula is C57H59N8O6S2+. The van der Waals surface area contributed by atoms with Crippen molar-refractivity contribution < 1.29 is 30.9 Å². The Balaban J connectivity index is 0.888. The minimum atomic E-state index is -3.92. The van der Waals surface area contributed by atoms with Crippen LogP contribution in [0.2, 0.25) is 0 Å². The lowest BCUT2D eigenvalue weighted by molar-refractivity contribution is -0.776. The predicted molar refractivity (Wildman–Crippen MR) is 292 cm³/mol. The van der Waals surface area contributed by atoms with Crippen LogP contribution in [0.3, 0.4) is 0 Å². The highest BCUT2D eigenvalue weighted by Gasteiger charge is 2.29. The number of aromatic nitrogens is 2. The van der Waals surface area contributed by atoms with Crippen LogP contribution in [0.5, 0.6) is 0 Å².